The first-order valence-corrected chi connectivity index (χ1v) is 12.5. The average molecular weight is 502 g/mol. The number of carboxylic acids is 1. The van der Waals surface area contributed by atoms with E-state index in [2.05, 4.69) is 5.32 Å². The molecule has 0 aliphatic carbocycles. The second kappa shape index (κ2) is 10.3. The molecule has 182 valence electrons. The van der Waals surface area contributed by atoms with E-state index >= 15 is 0 Å². The number of benzene rings is 3. The number of hydrogen-bond acceptors (Lipinski definition) is 6. The molecule has 0 saturated heterocycles. The number of amides is 1. The van der Waals surface area contributed by atoms with Crippen LogP contribution in [0.25, 0.3) is 11.0 Å². The Kier molecular flexibility index (Phi) is 6.77. The number of carboxylic acid groups (broad SMARTS) is 1. The maximum absolute atomic E-state index is 12.7. The topological polar surface area (TPSA) is 106 Å². The predicted molar refractivity (Wildman–Crippen MR) is 138 cm³/mol. The number of aliphatic carboxylic acids is 1. The summed E-state index contributed by atoms with van der Waals surface area (Å²) in [6.07, 6.45) is -0.0727. The smallest absolute Gasteiger partial charge is 0.349 e. The third-order valence-corrected chi connectivity index (χ3v) is 7.27. The van der Waals surface area contributed by atoms with Gasteiger partial charge in [-0.3, -0.25) is 9.59 Å². The molecule has 0 radical (unpaired) electrons. The number of nitrogens with one attached hydrogen (secondary N) is 1. The van der Waals surface area contributed by atoms with Gasteiger partial charge in [0.2, 0.25) is 0 Å². The molecule has 0 bridgehead atoms. The lowest BCUT2D eigenvalue weighted by Crippen LogP contribution is -2.30. The quantitative estimate of drug-likeness (QED) is 0.282. The van der Waals surface area contributed by atoms with Crippen LogP contribution in [-0.4, -0.2) is 29.3 Å². The molecule has 1 atom stereocenters. The Morgan fingerprint density at radius 2 is 1.81 bits per heavy atom. The molecule has 3 aromatic carbocycles. The number of thioether (sulfide) groups is 1. The molecule has 2 heterocycles. The number of rotatable bonds is 7. The van der Waals surface area contributed by atoms with Gasteiger partial charge in [0.05, 0.1) is 11.7 Å². The van der Waals surface area contributed by atoms with Crippen molar-refractivity contribution in [3.05, 3.63) is 111 Å². The molecule has 8 heteroatoms. The maximum Gasteiger partial charge on any atom is 0.349 e. The summed E-state index contributed by atoms with van der Waals surface area (Å²) in [7, 11) is 0. The highest BCUT2D eigenvalue weighted by Crippen LogP contribution is 2.44. The Labute approximate surface area is 211 Å². The van der Waals surface area contributed by atoms with E-state index in [0.29, 0.717) is 35.4 Å². The van der Waals surface area contributed by atoms with Crippen LogP contribution in [0.2, 0.25) is 0 Å². The van der Waals surface area contributed by atoms with Crippen LogP contribution in [0.3, 0.4) is 0 Å². The first-order chi connectivity index (χ1) is 17.5. The van der Waals surface area contributed by atoms with Crippen LogP contribution in [0.15, 0.2) is 82.0 Å². The molecule has 0 spiro atoms. The number of ether oxygens (including phenoxy) is 1. The van der Waals surface area contributed by atoms with E-state index in [1.807, 2.05) is 42.5 Å². The van der Waals surface area contributed by atoms with Crippen LogP contribution in [0.4, 0.5) is 0 Å². The molecule has 1 amide bonds. The Bertz CT molecular complexity index is 1510. The first-order valence-electron chi connectivity index (χ1n) is 11.5. The van der Waals surface area contributed by atoms with Crippen LogP contribution in [-0.2, 0) is 17.8 Å². The molecule has 1 unspecified atom stereocenters. The Balaban J connectivity index is 1.33. The Morgan fingerprint density at radius 3 is 2.67 bits per heavy atom. The number of hydrogen-bond donors (Lipinski definition) is 2. The highest BCUT2D eigenvalue weighted by atomic mass is 32.2. The number of carbonyl (C=O) groups excluding carboxylic acids is 1. The molecule has 36 heavy (non-hydrogen) atoms. The van der Waals surface area contributed by atoms with E-state index < -0.39 is 17.5 Å². The molecule has 1 aliphatic heterocycles. The van der Waals surface area contributed by atoms with Gasteiger partial charge in [0.1, 0.15) is 23.5 Å². The summed E-state index contributed by atoms with van der Waals surface area (Å²) in [6.45, 7) is 0.756. The Morgan fingerprint density at radius 1 is 1.00 bits per heavy atom. The minimum Gasteiger partial charge on any atom is -0.489 e. The van der Waals surface area contributed by atoms with Crippen LogP contribution < -0.4 is 15.7 Å². The van der Waals surface area contributed by atoms with Gasteiger partial charge in [-0.25, -0.2) is 4.79 Å². The number of carbonyl (C=O) groups is 2. The number of para-hydroxylation sites is 1. The predicted octanol–water partition coefficient (Wildman–Crippen LogP) is 4.57. The highest BCUT2D eigenvalue weighted by molar-refractivity contribution is 7.99. The van der Waals surface area contributed by atoms with Crippen molar-refractivity contribution in [1.29, 1.82) is 0 Å². The van der Waals surface area contributed by atoms with Gasteiger partial charge in [-0.1, -0.05) is 54.6 Å². The van der Waals surface area contributed by atoms with E-state index in [1.165, 1.54) is 0 Å². The van der Waals surface area contributed by atoms with E-state index in [1.54, 1.807) is 42.1 Å². The van der Waals surface area contributed by atoms with Crippen molar-refractivity contribution < 1.29 is 23.8 Å². The van der Waals surface area contributed by atoms with Gasteiger partial charge in [0.15, 0.2) is 0 Å². The fourth-order valence-corrected chi connectivity index (χ4v) is 5.53. The maximum atomic E-state index is 12.7. The summed E-state index contributed by atoms with van der Waals surface area (Å²) in [5, 5.41) is 12.6. The molecule has 1 aromatic heterocycles. The minimum absolute atomic E-state index is 0.0319. The average Bonchev–Trinajstić information content (AvgIpc) is 3.02. The fourth-order valence-electron chi connectivity index (χ4n) is 4.30. The minimum atomic E-state index is -0.894. The van der Waals surface area contributed by atoms with E-state index in [-0.39, 0.29) is 17.2 Å². The van der Waals surface area contributed by atoms with Crippen LogP contribution >= 0.6 is 11.8 Å². The zero-order valence-corrected chi connectivity index (χ0v) is 20.0. The lowest BCUT2D eigenvalue weighted by atomic mass is 9.98. The van der Waals surface area contributed by atoms with Gasteiger partial charge in [-0.05, 0) is 34.9 Å². The van der Waals surface area contributed by atoms with Crippen molar-refractivity contribution in [2.24, 2.45) is 0 Å². The van der Waals surface area contributed by atoms with E-state index in [4.69, 9.17) is 9.15 Å². The summed E-state index contributed by atoms with van der Waals surface area (Å²) in [5.41, 5.74) is 3.49. The van der Waals surface area contributed by atoms with Gasteiger partial charge in [-0.15, -0.1) is 11.8 Å². The SMILES string of the molecule is O=C(O)Cc1ccc2c(c1)C(SCCNC(=O)c1cc3ccccc3oc1=O)c1ccccc1CO2. The Hall–Kier alpha value is -4.04. The lowest BCUT2D eigenvalue weighted by Gasteiger charge is -2.19. The molecule has 5 rings (SSSR count). The molecular formula is C28H23NO6S. The second-order valence-corrected chi connectivity index (χ2v) is 9.64. The molecule has 0 fully saturated rings. The summed E-state index contributed by atoms with van der Waals surface area (Å²) in [4.78, 5) is 36.3. The second-order valence-electron chi connectivity index (χ2n) is 8.42. The summed E-state index contributed by atoms with van der Waals surface area (Å²) in [5.74, 6) is -0.0961. The van der Waals surface area contributed by atoms with Gasteiger partial charge < -0.3 is 19.6 Å². The summed E-state index contributed by atoms with van der Waals surface area (Å²) < 4.78 is 11.3. The molecule has 2 N–H and O–H groups in total. The molecule has 0 saturated carbocycles. The van der Waals surface area contributed by atoms with Gasteiger partial charge >= 0.3 is 11.6 Å². The van der Waals surface area contributed by atoms with Crippen LogP contribution in [0, 0.1) is 0 Å². The highest BCUT2D eigenvalue weighted by Gasteiger charge is 2.25. The molecule has 1 aliphatic rings. The summed E-state index contributed by atoms with van der Waals surface area (Å²) in [6, 6.07) is 22.1. The van der Waals surface area contributed by atoms with Crippen LogP contribution in [0.1, 0.15) is 37.9 Å². The molecule has 4 aromatic rings. The van der Waals surface area contributed by atoms with Crippen molar-refractivity contribution >= 4 is 34.6 Å². The largest absolute Gasteiger partial charge is 0.489 e. The normalized spacial score (nSPS) is 14.3. The van der Waals surface area contributed by atoms with E-state index in [9.17, 15) is 19.5 Å². The van der Waals surface area contributed by atoms with Gasteiger partial charge in [0, 0.05) is 23.2 Å². The zero-order valence-electron chi connectivity index (χ0n) is 19.2. The van der Waals surface area contributed by atoms with E-state index in [0.717, 1.165) is 22.4 Å². The number of fused-ring (bicyclic) bond motifs is 3. The van der Waals surface area contributed by atoms with Crippen LogP contribution in [0.5, 0.6) is 5.75 Å². The zero-order chi connectivity index (χ0) is 25.1. The monoisotopic (exact) mass is 501 g/mol. The van der Waals surface area contributed by atoms with Crippen molar-refractivity contribution in [3.63, 3.8) is 0 Å². The van der Waals surface area contributed by atoms with Crippen molar-refractivity contribution in [2.45, 2.75) is 18.3 Å². The first kappa shape index (κ1) is 23.7. The van der Waals surface area contributed by atoms with Crippen molar-refractivity contribution in [2.75, 3.05) is 12.3 Å². The standard InChI is InChI=1S/C28H23NO6S/c30-25(31)14-17-9-10-24-21(13-17)26(20-7-3-1-6-19(20)16-34-24)36-12-11-29-27(32)22-15-18-5-2-4-8-23(18)35-28(22)33/h1-10,13,15,26H,11-12,14,16H2,(H,29,32)(H,30,31). The lowest BCUT2D eigenvalue weighted by molar-refractivity contribution is -0.136. The van der Waals surface area contributed by atoms with Crippen molar-refractivity contribution in [1.82, 2.24) is 5.32 Å². The van der Waals surface area contributed by atoms with Gasteiger partial charge in [-0.2, -0.15) is 0 Å². The van der Waals surface area contributed by atoms with Gasteiger partial charge in [0.25, 0.3) is 5.91 Å². The fraction of sp³-hybridized carbons (Fsp3) is 0.179. The molecule has 7 nitrogen and oxygen atoms in total. The third-order valence-electron chi connectivity index (χ3n) is 5.99. The van der Waals surface area contributed by atoms with Crippen molar-refractivity contribution in [3.8, 4) is 5.75 Å². The third kappa shape index (κ3) is 4.99. The molecular weight excluding hydrogens is 478 g/mol. The summed E-state index contributed by atoms with van der Waals surface area (Å²) >= 11 is 1.62.